The van der Waals surface area contributed by atoms with Crippen molar-refractivity contribution >= 4 is 11.9 Å². The number of amides is 1. The fourth-order valence-corrected chi connectivity index (χ4v) is 2.59. The first-order valence-corrected chi connectivity index (χ1v) is 8.29. The Hall–Kier alpha value is -2.11. The van der Waals surface area contributed by atoms with Crippen molar-refractivity contribution in [3.63, 3.8) is 0 Å². The van der Waals surface area contributed by atoms with Crippen LogP contribution in [0, 0.1) is 6.92 Å². The van der Waals surface area contributed by atoms with Crippen molar-refractivity contribution in [3.05, 3.63) is 29.6 Å². The Labute approximate surface area is 138 Å². The van der Waals surface area contributed by atoms with Crippen molar-refractivity contribution in [3.8, 4) is 0 Å². The first kappa shape index (κ1) is 17.2. The van der Waals surface area contributed by atoms with Gasteiger partial charge in [0.05, 0.1) is 0 Å². The SMILES string of the molecule is CCNC(=NCCc1ccc(C)nc1)NC1CCC(=O)N(C)C1. The molecule has 2 heterocycles. The van der Waals surface area contributed by atoms with Crippen LogP contribution in [0.1, 0.15) is 31.0 Å². The molecule has 1 fully saturated rings. The Morgan fingerprint density at radius 3 is 2.96 bits per heavy atom. The number of aromatic nitrogens is 1. The highest BCUT2D eigenvalue weighted by molar-refractivity contribution is 5.81. The summed E-state index contributed by atoms with van der Waals surface area (Å²) in [5, 5.41) is 6.70. The van der Waals surface area contributed by atoms with Gasteiger partial charge in [0.2, 0.25) is 5.91 Å². The lowest BCUT2D eigenvalue weighted by atomic mass is 10.1. The number of piperidine rings is 1. The van der Waals surface area contributed by atoms with Gasteiger partial charge in [-0.2, -0.15) is 0 Å². The molecule has 1 aliphatic rings. The maximum atomic E-state index is 11.6. The number of rotatable bonds is 5. The summed E-state index contributed by atoms with van der Waals surface area (Å²) in [7, 11) is 1.85. The van der Waals surface area contributed by atoms with E-state index in [4.69, 9.17) is 0 Å². The summed E-state index contributed by atoms with van der Waals surface area (Å²) in [6.45, 7) is 6.30. The van der Waals surface area contributed by atoms with Crippen LogP contribution >= 0.6 is 0 Å². The van der Waals surface area contributed by atoms with Gasteiger partial charge in [-0.25, -0.2) is 0 Å². The number of likely N-dealkylation sites (tertiary alicyclic amines) is 1. The number of carbonyl (C=O) groups excluding carboxylic acids is 1. The average Bonchev–Trinajstić information content (AvgIpc) is 2.53. The summed E-state index contributed by atoms with van der Waals surface area (Å²) in [4.78, 5) is 22.3. The molecular weight excluding hydrogens is 290 g/mol. The number of aryl methyl sites for hydroxylation is 1. The van der Waals surface area contributed by atoms with Crippen LogP contribution < -0.4 is 10.6 Å². The molecule has 1 atom stereocenters. The van der Waals surface area contributed by atoms with E-state index in [1.54, 1.807) is 4.90 Å². The molecule has 1 aromatic heterocycles. The molecular formula is C17H27N5O. The van der Waals surface area contributed by atoms with E-state index in [-0.39, 0.29) is 11.9 Å². The minimum Gasteiger partial charge on any atom is -0.357 e. The molecule has 1 aromatic rings. The number of carbonyl (C=O) groups is 1. The summed E-state index contributed by atoms with van der Waals surface area (Å²) in [5.41, 5.74) is 2.22. The fraction of sp³-hybridized carbons (Fsp3) is 0.588. The summed E-state index contributed by atoms with van der Waals surface area (Å²) in [6, 6.07) is 4.38. The molecule has 23 heavy (non-hydrogen) atoms. The maximum Gasteiger partial charge on any atom is 0.222 e. The highest BCUT2D eigenvalue weighted by Gasteiger charge is 2.23. The molecule has 2 rings (SSSR count). The predicted molar refractivity (Wildman–Crippen MR) is 92.5 cm³/mol. The van der Waals surface area contributed by atoms with E-state index in [2.05, 4.69) is 33.6 Å². The summed E-state index contributed by atoms with van der Waals surface area (Å²) >= 11 is 0. The van der Waals surface area contributed by atoms with E-state index in [0.29, 0.717) is 13.0 Å². The third-order valence-corrected chi connectivity index (χ3v) is 3.95. The monoisotopic (exact) mass is 317 g/mol. The zero-order valence-corrected chi connectivity index (χ0v) is 14.3. The van der Waals surface area contributed by atoms with Crippen LogP contribution in [0.4, 0.5) is 0 Å². The van der Waals surface area contributed by atoms with Gasteiger partial charge in [0.1, 0.15) is 0 Å². The smallest absolute Gasteiger partial charge is 0.222 e. The van der Waals surface area contributed by atoms with Crippen molar-refractivity contribution < 1.29 is 4.79 Å². The Morgan fingerprint density at radius 1 is 1.48 bits per heavy atom. The quantitative estimate of drug-likeness (QED) is 0.630. The van der Waals surface area contributed by atoms with Gasteiger partial charge in [0, 0.05) is 51.0 Å². The average molecular weight is 317 g/mol. The van der Waals surface area contributed by atoms with Crippen LogP contribution in [-0.2, 0) is 11.2 Å². The van der Waals surface area contributed by atoms with Crippen molar-refractivity contribution in [2.75, 3.05) is 26.7 Å². The van der Waals surface area contributed by atoms with E-state index in [9.17, 15) is 4.79 Å². The van der Waals surface area contributed by atoms with E-state index in [1.807, 2.05) is 26.2 Å². The van der Waals surface area contributed by atoms with Crippen molar-refractivity contribution in [2.24, 2.45) is 4.99 Å². The Balaban J connectivity index is 1.86. The molecule has 1 amide bonds. The lowest BCUT2D eigenvalue weighted by Crippen LogP contribution is -2.51. The lowest BCUT2D eigenvalue weighted by Gasteiger charge is -2.31. The second-order valence-corrected chi connectivity index (χ2v) is 5.97. The van der Waals surface area contributed by atoms with Gasteiger partial charge >= 0.3 is 0 Å². The molecule has 6 nitrogen and oxygen atoms in total. The largest absolute Gasteiger partial charge is 0.357 e. The molecule has 2 N–H and O–H groups in total. The van der Waals surface area contributed by atoms with Crippen LogP contribution in [0.3, 0.4) is 0 Å². The Bertz CT molecular complexity index is 540. The number of likely N-dealkylation sites (N-methyl/N-ethyl adjacent to an activating group) is 1. The summed E-state index contributed by atoms with van der Waals surface area (Å²) in [6.07, 6.45) is 4.23. The highest BCUT2D eigenvalue weighted by atomic mass is 16.2. The van der Waals surface area contributed by atoms with Gasteiger partial charge in [-0.1, -0.05) is 6.07 Å². The first-order chi connectivity index (χ1) is 11.1. The molecule has 0 spiro atoms. The van der Waals surface area contributed by atoms with Crippen molar-refractivity contribution in [1.82, 2.24) is 20.5 Å². The molecule has 0 radical (unpaired) electrons. The van der Waals surface area contributed by atoms with Gasteiger partial charge in [-0.15, -0.1) is 0 Å². The van der Waals surface area contributed by atoms with Crippen molar-refractivity contribution in [1.29, 1.82) is 0 Å². The number of pyridine rings is 1. The normalized spacial score (nSPS) is 18.9. The van der Waals surface area contributed by atoms with Crippen LogP contribution in [-0.4, -0.2) is 54.5 Å². The van der Waals surface area contributed by atoms with E-state index in [0.717, 1.165) is 37.6 Å². The number of nitrogens with one attached hydrogen (secondary N) is 2. The third-order valence-electron chi connectivity index (χ3n) is 3.95. The summed E-state index contributed by atoms with van der Waals surface area (Å²) in [5.74, 6) is 1.04. The number of nitrogens with zero attached hydrogens (tertiary/aromatic N) is 3. The van der Waals surface area contributed by atoms with Crippen LogP contribution in [0.5, 0.6) is 0 Å². The van der Waals surface area contributed by atoms with Crippen LogP contribution in [0.25, 0.3) is 0 Å². The highest BCUT2D eigenvalue weighted by Crippen LogP contribution is 2.09. The van der Waals surface area contributed by atoms with Gasteiger partial charge in [-0.05, 0) is 38.3 Å². The minimum absolute atomic E-state index is 0.219. The molecule has 0 aliphatic carbocycles. The van der Waals surface area contributed by atoms with Crippen LogP contribution in [0.2, 0.25) is 0 Å². The summed E-state index contributed by atoms with van der Waals surface area (Å²) < 4.78 is 0. The lowest BCUT2D eigenvalue weighted by molar-refractivity contribution is -0.132. The van der Waals surface area contributed by atoms with E-state index < -0.39 is 0 Å². The van der Waals surface area contributed by atoms with E-state index in [1.165, 1.54) is 5.56 Å². The Kier molecular flexibility index (Phi) is 6.38. The number of hydrogen-bond donors (Lipinski definition) is 2. The molecule has 1 unspecified atom stereocenters. The number of guanidine groups is 1. The second-order valence-electron chi connectivity index (χ2n) is 5.97. The van der Waals surface area contributed by atoms with Gasteiger partial charge in [-0.3, -0.25) is 14.8 Å². The second kappa shape index (κ2) is 8.50. The van der Waals surface area contributed by atoms with Gasteiger partial charge < -0.3 is 15.5 Å². The predicted octanol–water partition coefficient (Wildman–Crippen LogP) is 1.11. The minimum atomic E-state index is 0.219. The van der Waals surface area contributed by atoms with Crippen LogP contribution in [0.15, 0.2) is 23.3 Å². The van der Waals surface area contributed by atoms with Crippen molar-refractivity contribution in [2.45, 2.75) is 39.2 Å². The zero-order chi connectivity index (χ0) is 16.7. The van der Waals surface area contributed by atoms with E-state index >= 15 is 0 Å². The molecule has 1 aliphatic heterocycles. The Morgan fingerprint density at radius 2 is 2.30 bits per heavy atom. The molecule has 6 heteroatoms. The molecule has 0 aromatic carbocycles. The first-order valence-electron chi connectivity index (χ1n) is 8.29. The van der Waals surface area contributed by atoms with Gasteiger partial charge in [0.25, 0.3) is 0 Å². The third kappa shape index (κ3) is 5.54. The number of hydrogen-bond acceptors (Lipinski definition) is 3. The standard InChI is InChI=1S/C17H27N5O/c1-4-18-17(21-15-7-8-16(23)22(3)12-15)19-10-9-14-6-5-13(2)20-11-14/h5-6,11,15H,4,7-10,12H2,1-3H3,(H2,18,19,21). The molecule has 0 saturated carbocycles. The number of aliphatic imine (C=N–C) groups is 1. The van der Waals surface area contributed by atoms with Gasteiger partial charge in [0.15, 0.2) is 5.96 Å². The molecule has 1 saturated heterocycles. The maximum absolute atomic E-state index is 11.6. The molecule has 126 valence electrons. The topological polar surface area (TPSA) is 69.6 Å². The fourth-order valence-electron chi connectivity index (χ4n) is 2.59. The zero-order valence-electron chi connectivity index (χ0n) is 14.3. The molecule has 0 bridgehead atoms.